The molecule has 0 aromatic rings. The molecule has 0 saturated carbocycles. The molecule has 0 aromatic carbocycles. The minimum absolute atomic E-state index is 0.0273. The summed E-state index contributed by atoms with van der Waals surface area (Å²) in [7, 11) is -3.11. The third kappa shape index (κ3) is 8.05. The molecule has 5 heteroatoms. The lowest BCUT2D eigenvalue weighted by molar-refractivity contribution is 0.350. The minimum atomic E-state index is -3.11. The summed E-state index contributed by atoms with van der Waals surface area (Å²) in [5, 5.41) is 0. The third-order valence-electron chi connectivity index (χ3n) is 2.52. The SMILES string of the molecule is CCC(C)(C)CNS(=O)(=O)CCCCCl. The molecule has 0 radical (unpaired) electrons. The van der Waals surface area contributed by atoms with Crippen molar-refractivity contribution < 1.29 is 8.42 Å². The van der Waals surface area contributed by atoms with Crippen LogP contribution in [0.3, 0.4) is 0 Å². The average molecular weight is 256 g/mol. The molecule has 0 bridgehead atoms. The third-order valence-corrected chi connectivity index (χ3v) is 4.20. The largest absolute Gasteiger partial charge is 0.215 e. The predicted molar refractivity (Wildman–Crippen MR) is 65.8 cm³/mol. The summed E-state index contributed by atoms with van der Waals surface area (Å²) in [5.74, 6) is 0.704. The van der Waals surface area contributed by atoms with E-state index in [1.54, 1.807) is 0 Å². The zero-order chi connectivity index (χ0) is 11.9. The molecule has 0 spiro atoms. The lowest BCUT2D eigenvalue weighted by atomic mass is 9.91. The van der Waals surface area contributed by atoms with Crippen molar-refractivity contribution in [2.24, 2.45) is 5.41 Å². The van der Waals surface area contributed by atoms with E-state index in [1.807, 2.05) is 13.8 Å². The Labute approximate surface area is 98.6 Å². The maximum absolute atomic E-state index is 11.5. The molecule has 1 N–H and O–H groups in total. The van der Waals surface area contributed by atoms with Gasteiger partial charge in [0, 0.05) is 12.4 Å². The summed E-state index contributed by atoms with van der Waals surface area (Å²) >= 11 is 5.49. The molecule has 0 aliphatic carbocycles. The first-order chi connectivity index (χ1) is 6.83. The molecular weight excluding hydrogens is 234 g/mol. The van der Waals surface area contributed by atoms with Crippen LogP contribution in [0.1, 0.15) is 40.0 Å². The van der Waals surface area contributed by atoms with Crippen LogP contribution in [0.15, 0.2) is 0 Å². The van der Waals surface area contributed by atoms with E-state index in [1.165, 1.54) is 0 Å². The van der Waals surface area contributed by atoms with Crippen molar-refractivity contribution in [1.29, 1.82) is 0 Å². The van der Waals surface area contributed by atoms with Crippen LogP contribution in [0.4, 0.5) is 0 Å². The summed E-state index contributed by atoms with van der Waals surface area (Å²) in [6.07, 6.45) is 2.34. The van der Waals surface area contributed by atoms with E-state index < -0.39 is 10.0 Å². The molecule has 92 valence electrons. The fourth-order valence-corrected chi connectivity index (χ4v) is 2.42. The highest BCUT2D eigenvalue weighted by Gasteiger charge is 2.18. The predicted octanol–water partition coefficient (Wildman–Crippen LogP) is 2.36. The Bertz CT molecular complexity index is 263. The highest BCUT2D eigenvalue weighted by molar-refractivity contribution is 7.89. The molecule has 0 atom stereocenters. The number of hydrogen-bond acceptors (Lipinski definition) is 2. The average Bonchev–Trinajstić information content (AvgIpc) is 2.16. The van der Waals surface area contributed by atoms with Crippen molar-refractivity contribution in [2.75, 3.05) is 18.2 Å². The Balaban J connectivity index is 3.94. The smallest absolute Gasteiger partial charge is 0.211 e. The van der Waals surface area contributed by atoms with Gasteiger partial charge in [-0.05, 0) is 24.7 Å². The zero-order valence-electron chi connectivity index (χ0n) is 9.85. The molecule has 0 aromatic heterocycles. The number of halogens is 1. The number of nitrogens with one attached hydrogen (secondary N) is 1. The first-order valence-electron chi connectivity index (χ1n) is 5.36. The summed E-state index contributed by atoms with van der Waals surface area (Å²) in [6.45, 7) is 6.66. The zero-order valence-corrected chi connectivity index (χ0v) is 11.4. The monoisotopic (exact) mass is 255 g/mol. The second-order valence-corrected chi connectivity index (χ2v) is 6.86. The van der Waals surface area contributed by atoms with Gasteiger partial charge in [0.05, 0.1) is 5.75 Å². The number of alkyl halides is 1. The second kappa shape index (κ2) is 6.71. The highest BCUT2D eigenvalue weighted by Crippen LogP contribution is 2.18. The molecule has 3 nitrogen and oxygen atoms in total. The van der Waals surface area contributed by atoms with Gasteiger partial charge in [0.25, 0.3) is 0 Å². The number of unbranched alkanes of at least 4 members (excludes halogenated alkanes) is 1. The molecule has 0 amide bonds. The van der Waals surface area contributed by atoms with Gasteiger partial charge in [-0.25, -0.2) is 13.1 Å². The van der Waals surface area contributed by atoms with E-state index in [9.17, 15) is 8.42 Å². The molecule has 0 fully saturated rings. The maximum Gasteiger partial charge on any atom is 0.211 e. The van der Waals surface area contributed by atoms with E-state index >= 15 is 0 Å². The van der Waals surface area contributed by atoms with Gasteiger partial charge in [0.15, 0.2) is 0 Å². The molecule has 0 rings (SSSR count). The molecule has 0 saturated heterocycles. The van der Waals surface area contributed by atoms with Crippen molar-refractivity contribution in [3.8, 4) is 0 Å². The lowest BCUT2D eigenvalue weighted by Crippen LogP contribution is -2.35. The van der Waals surface area contributed by atoms with Gasteiger partial charge in [-0.15, -0.1) is 11.6 Å². The van der Waals surface area contributed by atoms with E-state index in [2.05, 4.69) is 11.6 Å². The number of rotatable bonds is 8. The second-order valence-electron chi connectivity index (χ2n) is 4.55. The van der Waals surface area contributed by atoms with Gasteiger partial charge in [-0.3, -0.25) is 0 Å². The lowest BCUT2D eigenvalue weighted by Gasteiger charge is -2.22. The Kier molecular flexibility index (Phi) is 6.80. The number of sulfonamides is 1. The Morgan fingerprint density at radius 2 is 1.87 bits per heavy atom. The summed E-state index contributed by atoms with van der Waals surface area (Å²) in [4.78, 5) is 0. The standard InChI is InChI=1S/C10H22ClNO2S/c1-4-10(2,3)9-12-15(13,14)8-6-5-7-11/h12H,4-9H2,1-3H3. The van der Waals surface area contributed by atoms with Crippen LogP contribution in [-0.4, -0.2) is 26.6 Å². The van der Waals surface area contributed by atoms with Crippen LogP contribution in [0.25, 0.3) is 0 Å². The summed E-state index contributed by atoms with van der Waals surface area (Å²) in [5.41, 5.74) is 0.0273. The van der Waals surface area contributed by atoms with E-state index in [0.29, 0.717) is 18.8 Å². The number of hydrogen-bond donors (Lipinski definition) is 1. The van der Waals surface area contributed by atoms with Crippen LogP contribution in [0.5, 0.6) is 0 Å². The Morgan fingerprint density at radius 1 is 1.27 bits per heavy atom. The van der Waals surface area contributed by atoms with Crippen LogP contribution in [-0.2, 0) is 10.0 Å². The molecule has 0 aliphatic rings. The van der Waals surface area contributed by atoms with E-state index in [0.717, 1.165) is 12.8 Å². The quantitative estimate of drug-likeness (QED) is 0.535. The van der Waals surface area contributed by atoms with Crippen molar-refractivity contribution in [2.45, 2.75) is 40.0 Å². The summed E-state index contributed by atoms with van der Waals surface area (Å²) < 4.78 is 25.7. The van der Waals surface area contributed by atoms with Crippen LogP contribution >= 0.6 is 11.6 Å². The van der Waals surface area contributed by atoms with Gasteiger partial charge in [-0.2, -0.15) is 0 Å². The molecular formula is C10H22ClNO2S. The summed E-state index contributed by atoms with van der Waals surface area (Å²) in [6, 6.07) is 0. The van der Waals surface area contributed by atoms with E-state index in [4.69, 9.17) is 11.6 Å². The first kappa shape index (κ1) is 15.2. The van der Waals surface area contributed by atoms with Crippen LogP contribution in [0.2, 0.25) is 0 Å². The van der Waals surface area contributed by atoms with Crippen LogP contribution < -0.4 is 4.72 Å². The van der Waals surface area contributed by atoms with Crippen molar-refractivity contribution in [3.63, 3.8) is 0 Å². The molecule has 15 heavy (non-hydrogen) atoms. The normalized spacial score (nSPS) is 13.1. The molecule has 0 heterocycles. The van der Waals surface area contributed by atoms with Crippen molar-refractivity contribution in [3.05, 3.63) is 0 Å². The topological polar surface area (TPSA) is 46.2 Å². The van der Waals surface area contributed by atoms with Gasteiger partial charge >= 0.3 is 0 Å². The van der Waals surface area contributed by atoms with Gasteiger partial charge in [0.2, 0.25) is 10.0 Å². The maximum atomic E-state index is 11.5. The fraction of sp³-hybridized carbons (Fsp3) is 1.00. The fourth-order valence-electron chi connectivity index (χ4n) is 0.889. The van der Waals surface area contributed by atoms with E-state index in [-0.39, 0.29) is 11.2 Å². The van der Waals surface area contributed by atoms with Gasteiger partial charge in [0.1, 0.15) is 0 Å². The van der Waals surface area contributed by atoms with Gasteiger partial charge in [-0.1, -0.05) is 20.8 Å². The van der Waals surface area contributed by atoms with Crippen molar-refractivity contribution in [1.82, 2.24) is 4.72 Å². The Morgan fingerprint density at radius 3 is 2.33 bits per heavy atom. The van der Waals surface area contributed by atoms with Gasteiger partial charge < -0.3 is 0 Å². The molecule has 0 unspecified atom stereocenters. The highest BCUT2D eigenvalue weighted by atomic mass is 35.5. The Hall–Kier alpha value is 0.200. The molecule has 0 aliphatic heterocycles. The first-order valence-corrected chi connectivity index (χ1v) is 7.55. The van der Waals surface area contributed by atoms with Crippen molar-refractivity contribution >= 4 is 21.6 Å². The van der Waals surface area contributed by atoms with Crippen LogP contribution in [0, 0.1) is 5.41 Å². The minimum Gasteiger partial charge on any atom is -0.215 e.